The van der Waals surface area contributed by atoms with Crippen LogP contribution in [0.5, 0.6) is 0 Å². The predicted octanol–water partition coefficient (Wildman–Crippen LogP) is 1.56. The Hall–Kier alpha value is -3.30. The van der Waals surface area contributed by atoms with E-state index in [4.69, 9.17) is 9.84 Å². The van der Waals surface area contributed by atoms with Crippen LogP contribution in [0.3, 0.4) is 0 Å². The van der Waals surface area contributed by atoms with E-state index in [0.29, 0.717) is 25.6 Å². The lowest BCUT2D eigenvalue weighted by atomic mass is 10.1. The molecule has 1 atom stereocenters. The zero-order valence-corrected chi connectivity index (χ0v) is 17.6. The summed E-state index contributed by atoms with van der Waals surface area (Å²) in [6.07, 6.45) is 6.87. The van der Waals surface area contributed by atoms with Crippen LogP contribution in [-0.2, 0) is 16.0 Å². The van der Waals surface area contributed by atoms with Gasteiger partial charge in [-0.05, 0) is 32.8 Å². The molecule has 1 N–H and O–H groups in total. The minimum absolute atomic E-state index is 0.0179. The molecule has 0 aliphatic carbocycles. The molecule has 0 bridgehead atoms. The molecule has 0 radical (unpaired) electrons. The van der Waals surface area contributed by atoms with Gasteiger partial charge in [0.2, 0.25) is 11.9 Å². The Balaban J connectivity index is 1.86. The van der Waals surface area contributed by atoms with E-state index in [1.165, 1.54) is 12.4 Å². The number of piperazine rings is 1. The van der Waals surface area contributed by atoms with Crippen LogP contribution in [0.1, 0.15) is 43.6 Å². The van der Waals surface area contributed by atoms with E-state index in [1.54, 1.807) is 38.1 Å². The average molecular weight is 414 g/mol. The Kier molecular flexibility index (Phi) is 6.14. The summed E-state index contributed by atoms with van der Waals surface area (Å²) in [5, 5.41) is 9.06. The van der Waals surface area contributed by atoms with Crippen molar-refractivity contribution in [1.29, 1.82) is 0 Å². The van der Waals surface area contributed by atoms with E-state index in [9.17, 15) is 9.59 Å². The summed E-state index contributed by atoms with van der Waals surface area (Å²) in [7, 11) is 0. The Bertz CT molecular complexity index is 895. The number of aryl methyl sites for hydroxylation is 1. The monoisotopic (exact) mass is 414 g/mol. The second kappa shape index (κ2) is 8.60. The lowest BCUT2D eigenvalue weighted by molar-refractivity contribution is -0.156. The number of aromatic nitrogens is 4. The van der Waals surface area contributed by atoms with Crippen molar-refractivity contribution in [1.82, 2.24) is 19.9 Å². The highest BCUT2D eigenvalue weighted by Crippen LogP contribution is 2.22. The molecular formula is C20H26N6O4. The Labute approximate surface area is 174 Å². The van der Waals surface area contributed by atoms with E-state index >= 15 is 0 Å². The molecule has 1 saturated heterocycles. The number of nitrogens with zero attached hydrogens (tertiary/aromatic N) is 6. The molecule has 0 amide bonds. The summed E-state index contributed by atoms with van der Waals surface area (Å²) < 4.78 is 5.61. The van der Waals surface area contributed by atoms with Gasteiger partial charge >= 0.3 is 11.9 Å². The third kappa shape index (κ3) is 5.00. The summed E-state index contributed by atoms with van der Waals surface area (Å²) >= 11 is 0. The third-order valence-electron chi connectivity index (χ3n) is 4.58. The standard InChI is InChI=1S/C20H26N6O4/c1-5-13-8-21-18(22-9-13)25-6-7-26(15(12-25)17(29)30-20(2,3)4)19-23-10-14(11-24-19)16(27)28/h8-11,15H,5-7,12H2,1-4H3,(H,27,28)/t15-/m0/s1. The maximum Gasteiger partial charge on any atom is 0.338 e. The van der Waals surface area contributed by atoms with E-state index < -0.39 is 23.6 Å². The highest BCUT2D eigenvalue weighted by Gasteiger charge is 2.37. The summed E-state index contributed by atoms with van der Waals surface area (Å²) in [5.74, 6) is -0.702. The van der Waals surface area contributed by atoms with Crippen LogP contribution in [0, 0.1) is 0 Å². The first-order valence-electron chi connectivity index (χ1n) is 9.78. The third-order valence-corrected chi connectivity index (χ3v) is 4.58. The second-order valence-corrected chi connectivity index (χ2v) is 8.01. The molecule has 2 aromatic rings. The summed E-state index contributed by atoms with van der Waals surface area (Å²) in [6.45, 7) is 8.72. The number of carboxylic acid groups (broad SMARTS) is 1. The van der Waals surface area contributed by atoms with Gasteiger partial charge in [0.15, 0.2) is 0 Å². The molecule has 2 aromatic heterocycles. The Morgan fingerprint density at radius 2 is 1.67 bits per heavy atom. The number of carbonyl (C=O) groups excluding carboxylic acids is 1. The maximum absolute atomic E-state index is 13.0. The van der Waals surface area contributed by atoms with Gasteiger partial charge in [-0.1, -0.05) is 6.92 Å². The van der Waals surface area contributed by atoms with Crippen LogP contribution in [0.2, 0.25) is 0 Å². The van der Waals surface area contributed by atoms with Gasteiger partial charge in [0.25, 0.3) is 0 Å². The largest absolute Gasteiger partial charge is 0.478 e. The lowest BCUT2D eigenvalue weighted by Crippen LogP contribution is -2.58. The van der Waals surface area contributed by atoms with Gasteiger partial charge in [-0.3, -0.25) is 0 Å². The number of aromatic carboxylic acids is 1. The van der Waals surface area contributed by atoms with Crippen molar-refractivity contribution in [3.63, 3.8) is 0 Å². The molecule has 0 saturated carbocycles. The summed E-state index contributed by atoms with van der Waals surface area (Å²) in [6, 6.07) is -0.692. The molecule has 1 aliphatic rings. The zero-order valence-electron chi connectivity index (χ0n) is 17.6. The highest BCUT2D eigenvalue weighted by atomic mass is 16.6. The predicted molar refractivity (Wildman–Crippen MR) is 110 cm³/mol. The number of ether oxygens (including phenoxy) is 1. The molecule has 0 unspecified atom stereocenters. The van der Waals surface area contributed by atoms with E-state index in [2.05, 4.69) is 19.9 Å². The van der Waals surface area contributed by atoms with Crippen LogP contribution >= 0.6 is 0 Å². The maximum atomic E-state index is 13.0. The molecule has 10 nitrogen and oxygen atoms in total. The number of esters is 1. The topological polar surface area (TPSA) is 122 Å². The SMILES string of the molecule is CCc1cnc(N2CCN(c3ncc(C(=O)O)cn3)[C@H](C(=O)OC(C)(C)C)C2)nc1. The lowest BCUT2D eigenvalue weighted by Gasteiger charge is -2.40. The van der Waals surface area contributed by atoms with Gasteiger partial charge in [-0.2, -0.15) is 0 Å². The first-order valence-corrected chi connectivity index (χ1v) is 9.78. The van der Waals surface area contributed by atoms with Crippen molar-refractivity contribution < 1.29 is 19.4 Å². The highest BCUT2D eigenvalue weighted by molar-refractivity contribution is 5.87. The quantitative estimate of drug-likeness (QED) is 0.721. The summed E-state index contributed by atoms with van der Waals surface area (Å²) in [4.78, 5) is 44.8. The van der Waals surface area contributed by atoms with Crippen LogP contribution in [0.15, 0.2) is 24.8 Å². The van der Waals surface area contributed by atoms with Crippen LogP contribution in [0.4, 0.5) is 11.9 Å². The zero-order chi connectivity index (χ0) is 21.9. The van der Waals surface area contributed by atoms with Crippen molar-refractivity contribution >= 4 is 23.8 Å². The van der Waals surface area contributed by atoms with Crippen molar-refractivity contribution in [2.24, 2.45) is 0 Å². The molecule has 1 aliphatic heterocycles. The number of anilines is 2. The van der Waals surface area contributed by atoms with Crippen molar-refractivity contribution in [3.05, 3.63) is 35.9 Å². The van der Waals surface area contributed by atoms with Crippen LogP contribution < -0.4 is 9.80 Å². The summed E-state index contributed by atoms with van der Waals surface area (Å²) in [5.41, 5.74) is 0.363. The molecule has 1 fully saturated rings. The first-order chi connectivity index (χ1) is 14.2. The second-order valence-electron chi connectivity index (χ2n) is 8.01. The Morgan fingerprint density at radius 3 is 2.20 bits per heavy atom. The van der Waals surface area contributed by atoms with Crippen molar-refractivity contribution in [2.45, 2.75) is 45.8 Å². The van der Waals surface area contributed by atoms with E-state index in [1.807, 2.05) is 11.8 Å². The number of hydrogen-bond acceptors (Lipinski definition) is 9. The van der Waals surface area contributed by atoms with E-state index in [-0.39, 0.29) is 11.5 Å². The van der Waals surface area contributed by atoms with Crippen molar-refractivity contribution in [3.8, 4) is 0 Å². The molecule has 0 aromatic carbocycles. The number of carbonyl (C=O) groups is 2. The Morgan fingerprint density at radius 1 is 1.07 bits per heavy atom. The fraction of sp³-hybridized carbons (Fsp3) is 0.500. The molecule has 10 heteroatoms. The minimum atomic E-state index is -1.11. The average Bonchev–Trinajstić information content (AvgIpc) is 2.72. The smallest absolute Gasteiger partial charge is 0.338 e. The van der Waals surface area contributed by atoms with Crippen LogP contribution in [-0.4, -0.2) is 68.3 Å². The molecular weight excluding hydrogens is 388 g/mol. The van der Waals surface area contributed by atoms with Crippen molar-refractivity contribution in [2.75, 3.05) is 29.4 Å². The van der Waals surface area contributed by atoms with Gasteiger partial charge in [0.05, 0.1) is 12.1 Å². The van der Waals surface area contributed by atoms with E-state index in [0.717, 1.165) is 12.0 Å². The van der Waals surface area contributed by atoms with Crippen LogP contribution in [0.25, 0.3) is 0 Å². The fourth-order valence-electron chi connectivity index (χ4n) is 3.05. The molecule has 30 heavy (non-hydrogen) atoms. The number of rotatable bonds is 5. The normalized spacial score (nSPS) is 17.0. The molecule has 160 valence electrons. The number of hydrogen-bond donors (Lipinski definition) is 1. The van der Waals surface area contributed by atoms with Gasteiger partial charge < -0.3 is 19.6 Å². The first kappa shape index (κ1) is 21.4. The van der Waals surface area contributed by atoms with Gasteiger partial charge in [0, 0.05) is 37.9 Å². The van der Waals surface area contributed by atoms with Gasteiger partial charge in [-0.15, -0.1) is 0 Å². The molecule has 3 rings (SSSR count). The van der Waals surface area contributed by atoms with Gasteiger partial charge in [0.1, 0.15) is 11.6 Å². The molecule has 0 spiro atoms. The van der Waals surface area contributed by atoms with Gasteiger partial charge in [-0.25, -0.2) is 29.5 Å². The number of carboxylic acids is 1. The fourth-order valence-corrected chi connectivity index (χ4v) is 3.05. The minimum Gasteiger partial charge on any atom is -0.478 e. The molecule has 3 heterocycles.